The third-order valence-electron chi connectivity index (χ3n) is 7.01. The van der Waals surface area contributed by atoms with Crippen LogP contribution in [-0.2, 0) is 9.59 Å². The van der Waals surface area contributed by atoms with E-state index in [4.69, 9.17) is 17.3 Å². The summed E-state index contributed by atoms with van der Waals surface area (Å²) in [6, 6.07) is 5.82. The van der Waals surface area contributed by atoms with Crippen LogP contribution in [0.15, 0.2) is 23.1 Å². The highest BCUT2D eigenvalue weighted by atomic mass is 35.5. The van der Waals surface area contributed by atoms with Crippen LogP contribution in [0.4, 0.5) is 0 Å². The topological polar surface area (TPSA) is 84.2 Å². The van der Waals surface area contributed by atoms with Crippen molar-refractivity contribution in [2.45, 2.75) is 76.8 Å². The molecule has 2 aliphatic rings. The number of amides is 2. The maximum atomic E-state index is 13.2. The van der Waals surface area contributed by atoms with Gasteiger partial charge in [0, 0.05) is 21.4 Å². The van der Waals surface area contributed by atoms with Gasteiger partial charge >= 0.3 is 0 Å². The van der Waals surface area contributed by atoms with Gasteiger partial charge < -0.3 is 11.1 Å². The SMILES string of the molecule is Cc1c(Cl)cccc1SNC(C)(C)C(=O)NC1C(C)CC2CC1CC(C)(C(N)=O)C2. The van der Waals surface area contributed by atoms with Gasteiger partial charge in [0.05, 0.1) is 0 Å². The minimum Gasteiger partial charge on any atom is -0.369 e. The highest BCUT2D eigenvalue weighted by Crippen LogP contribution is 2.50. The van der Waals surface area contributed by atoms with Crippen LogP contribution in [0.3, 0.4) is 0 Å². The minimum atomic E-state index is -0.766. The Hall–Kier alpha value is -1.24. The van der Waals surface area contributed by atoms with E-state index < -0.39 is 11.0 Å². The first kappa shape index (κ1) is 23.4. The summed E-state index contributed by atoms with van der Waals surface area (Å²) in [4.78, 5) is 26.3. The third kappa shape index (κ3) is 4.81. The molecule has 2 fully saturated rings. The molecule has 0 radical (unpaired) electrons. The first-order valence-corrected chi connectivity index (χ1v) is 11.9. The Bertz CT molecular complexity index is 829. The fourth-order valence-electron chi connectivity index (χ4n) is 5.20. The summed E-state index contributed by atoms with van der Waals surface area (Å²) in [6.07, 6.45) is 3.70. The molecule has 0 aromatic heterocycles. The Morgan fingerprint density at radius 3 is 2.63 bits per heavy atom. The highest BCUT2D eigenvalue weighted by molar-refractivity contribution is 7.97. The standard InChI is InChI=1S/C23H34ClN3O2S/c1-13-9-15-10-16(12-23(5,11-15)20(25)28)19(13)26-21(29)22(3,4)27-30-18-8-6-7-17(24)14(18)2/h6-8,13,15-16,19,27H,9-12H2,1-5H3,(H2,25,28)(H,26,29). The molecule has 7 heteroatoms. The molecular formula is C23H34ClN3O2S. The fraction of sp³-hybridized carbons (Fsp3) is 0.652. The minimum absolute atomic E-state index is 0.0312. The van der Waals surface area contributed by atoms with Crippen molar-refractivity contribution >= 4 is 35.4 Å². The van der Waals surface area contributed by atoms with Crippen molar-refractivity contribution in [1.82, 2.24) is 10.0 Å². The van der Waals surface area contributed by atoms with Gasteiger partial charge in [0.1, 0.15) is 5.54 Å². The van der Waals surface area contributed by atoms with Gasteiger partial charge in [-0.2, -0.15) is 0 Å². The van der Waals surface area contributed by atoms with E-state index in [0.717, 1.165) is 36.1 Å². The summed E-state index contributed by atoms with van der Waals surface area (Å²) in [6.45, 7) is 9.94. The highest BCUT2D eigenvalue weighted by Gasteiger charge is 2.49. The van der Waals surface area contributed by atoms with Crippen LogP contribution in [0.25, 0.3) is 0 Å². The number of nitrogens with one attached hydrogen (secondary N) is 2. The van der Waals surface area contributed by atoms with Crippen LogP contribution >= 0.6 is 23.5 Å². The molecule has 2 amide bonds. The summed E-state index contributed by atoms with van der Waals surface area (Å²) >= 11 is 7.64. The van der Waals surface area contributed by atoms with Crippen molar-refractivity contribution in [2.24, 2.45) is 28.9 Å². The van der Waals surface area contributed by atoms with Crippen molar-refractivity contribution in [3.05, 3.63) is 28.8 Å². The molecule has 0 spiro atoms. The molecule has 0 saturated heterocycles. The number of nitrogens with two attached hydrogens (primary N) is 1. The molecule has 1 aromatic rings. The number of fused-ring (bicyclic) bond motifs is 2. The van der Waals surface area contributed by atoms with Gasteiger partial charge in [-0.05, 0) is 93.9 Å². The van der Waals surface area contributed by atoms with Crippen LogP contribution in [0.1, 0.15) is 58.9 Å². The van der Waals surface area contributed by atoms with Crippen LogP contribution in [0.5, 0.6) is 0 Å². The van der Waals surface area contributed by atoms with Crippen LogP contribution in [0, 0.1) is 30.1 Å². The van der Waals surface area contributed by atoms with Crippen molar-refractivity contribution in [3.8, 4) is 0 Å². The van der Waals surface area contributed by atoms with Crippen LogP contribution in [0.2, 0.25) is 5.02 Å². The second-order valence-corrected chi connectivity index (χ2v) is 11.4. The van der Waals surface area contributed by atoms with Crippen LogP contribution < -0.4 is 15.8 Å². The van der Waals surface area contributed by atoms with E-state index >= 15 is 0 Å². The lowest BCUT2D eigenvalue weighted by Gasteiger charge is -2.50. The Morgan fingerprint density at radius 2 is 1.97 bits per heavy atom. The number of carbonyl (C=O) groups is 2. The van der Waals surface area contributed by atoms with E-state index in [1.54, 1.807) is 0 Å². The molecule has 5 nitrogen and oxygen atoms in total. The average molecular weight is 452 g/mol. The molecule has 2 aliphatic carbocycles. The molecule has 2 saturated carbocycles. The van der Waals surface area contributed by atoms with Crippen molar-refractivity contribution in [1.29, 1.82) is 0 Å². The van der Waals surface area contributed by atoms with Crippen molar-refractivity contribution in [3.63, 3.8) is 0 Å². The number of rotatable bonds is 6. The zero-order valence-electron chi connectivity index (χ0n) is 18.5. The molecule has 2 bridgehead atoms. The maximum absolute atomic E-state index is 13.2. The number of carbonyl (C=O) groups excluding carboxylic acids is 2. The molecule has 0 aliphatic heterocycles. The summed E-state index contributed by atoms with van der Waals surface area (Å²) in [5, 5.41) is 4.02. The monoisotopic (exact) mass is 451 g/mol. The molecule has 4 N–H and O–H groups in total. The van der Waals surface area contributed by atoms with E-state index in [9.17, 15) is 9.59 Å². The van der Waals surface area contributed by atoms with Gasteiger partial charge in [-0.1, -0.05) is 31.5 Å². The summed E-state index contributed by atoms with van der Waals surface area (Å²) < 4.78 is 3.31. The van der Waals surface area contributed by atoms with Gasteiger partial charge in [0.25, 0.3) is 0 Å². The average Bonchev–Trinajstić information content (AvgIpc) is 2.65. The molecule has 0 heterocycles. The summed E-state index contributed by atoms with van der Waals surface area (Å²) in [5.74, 6) is 0.932. The number of hydrogen-bond acceptors (Lipinski definition) is 4. The van der Waals surface area contributed by atoms with Gasteiger partial charge in [-0.25, -0.2) is 4.72 Å². The second-order valence-electron chi connectivity index (χ2n) is 10.1. The lowest BCUT2D eigenvalue weighted by atomic mass is 9.57. The second kappa shape index (κ2) is 8.71. The predicted octanol–water partition coefficient (Wildman–Crippen LogP) is 4.46. The van der Waals surface area contributed by atoms with E-state index in [2.05, 4.69) is 17.0 Å². The Balaban J connectivity index is 1.67. The number of halogens is 1. The van der Waals surface area contributed by atoms with Gasteiger partial charge in [-0.15, -0.1) is 0 Å². The van der Waals surface area contributed by atoms with E-state index in [0.29, 0.717) is 16.9 Å². The zero-order valence-corrected chi connectivity index (χ0v) is 20.1. The fourth-order valence-corrected chi connectivity index (χ4v) is 6.30. The van der Waals surface area contributed by atoms with E-state index in [1.165, 1.54) is 11.9 Å². The smallest absolute Gasteiger partial charge is 0.240 e. The first-order valence-electron chi connectivity index (χ1n) is 10.7. The maximum Gasteiger partial charge on any atom is 0.240 e. The molecule has 1 aromatic carbocycles. The molecule has 166 valence electrons. The molecular weight excluding hydrogens is 418 g/mol. The quantitative estimate of drug-likeness (QED) is 0.557. The number of hydrogen-bond donors (Lipinski definition) is 3. The lowest BCUT2D eigenvalue weighted by molar-refractivity contribution is -0.134. The molecule has 5 unspecified atom stereocenters. The van der Waals surface area contributed by atoms with Gasteiger partial charge in [0.15, 0.2) is 0 Å². The number of primary amides is 1. The molecule has 3 rings (SSSR count). The van der Waals surface area contributed by atoms with Gasteiger partial charge in [0.2, 0.25) is 11.8 Å². The van der Waals surface area contributed by atoms with E-state index in [1.807, 2.05) is 45.9 Å². The van der Waals surface area contributed by atoms with Crippen molar-refractivity contribution < 1.29 is 9.59 Å². The Morgan fingerprint density at radius 1 is 1.27 bits per heavy atom. The Labute approximate surface area is 189 Å². The molecule has 5 atom stereocenters. The summed E-state index contributed by atoms with van der Waals surface area (Å²) in [5.41, 5.74) is 5.48. The van der Waals surface area contributed by atoms with Gasteiger partial charge in [-0.3, -0.25) is 9.59 Å². The third-order valence-corrected chi connectivity index (χ3v) is 8.69. The number of benzene rings is 1. The summed E-state index contributed by atoms with van der Waals surface area (Å²) in [7, 11) is 0. The van der Waals surface area contributed by atoms with Crippen molar-refractivity contribution in [2.75, 3.05) is 0 Å². The van der Waals surface area contributed by atoms with Crippen LogP contribution in [-0.4, -0.2) is 23.4 Å². The lowest BCUT2D eigenvalue weighted by Crippen LogP contribution is -2.59. The largest absolute Gasteiger partial charge is 0.369 e. The normalized spacial score (nSPS) is 31.3. The first-order chi connectivity index (χ1) is 13.9. The predicted molar refractivity (Wildman–Crippen MR) is 123 cm³/mol. The van der Waals surface area contributed by atoms with E-state index in [-0.39, 0.29) is 23.8 Å². The zero-order chi connectivity index (χ0) is 22.3. The molecule has 30 heavy (non-hydrogen) atoms. The Kier molecular flexibility index (Phi) is 6.80.